The van der Waals surface area contributed by atoms with Crippen LogP contribution in [0.15, 0.2) is 48.5 Å². The van der Waals surface area contributed by atoms with Gasteiger partial charge in [-0.1, -0.05) is 35.9 Å². The second kappa shape index (κ2) is 6.37. The summed E-state index contributed by atoms with van der Waals surface area (Å²) in [5.74, 6) is 0.396. The average Bonchev–Trinajstić information content (AvgIpc) is 2.83. The number of benzene rings is 2. The first kappa shape index (κ1) is 16.1. The number of amides is 1. The maximum Gasteiger partial charge on any atom is 0.257 e. The standard InChI is InChI=1S/C18H17ClN4O/c1-11-16(22-23(2)17(11)20)12-7-9-13(10-8-12)21-18(24)14-5-3-4-6-15(14)19/h3-10H,20H2,1-2H3,(H,21,24). The Kier molecular flexibility index (Phi) is 4.27. The number of hydrogen-bond donors (Lipinski definition) is 2. The number of aryl methyl sites for hydroxylation is 1. The maximum absolute atomic E-state index is 12.3. The highest BCUT2D eigenvalue weighted by atomic mass is 35.5. The van der Waals surface area contributed by atoms with Crippen molar-refractivity contribution in [3.8, 4) is 11.3 Å². The van der Waals surface area contributed by atoms with Gasteiger partial charge in [-0.2, -0.15) is 5.10 Å². The summed E-state index contributed by atoms with van der Waals surface area (Å²) in [5, 5.41) is 7.67. The SMILES string of the molecule is Cc1c(-c2ccc(NC(=O)c3ccccc3Cl)cc2)nn(C)c1N. The number of nitrogen functional groups attached to an aromatic ring is 1. The lowest BCUT2D eigenvalue weighted by molar-refractivity contribution is 0.102. The number of anilines is 2. The molecule has 0 saturated carbocycles. The molecule has 0 bridgehead atoms. The largest absolute Gasteiger partial charge is 0.384 e. The molecule has 24 heavy (non-hydrogen) atoms. The predicted octanol–water partition coefficient (Wildman–Crippen LogP) is 3.88. The number of halogens is 1. The second-order valence-corrected chi connectivity index (χ2v) is 5.90. The van der Waals surface area contributed by atoms with Crippen LogP contribution < -0.4 is 11.1 Å². The number of aromatic nitrogens is 2. The second-order valence-electron chi connectivity index (χ2n) is 5.49. The quantitative estimate of drug-likeness (QED) is 0.759. The molecule has 1 heterocycles. The molecule has 0 aliphatic heterocycles. The number of nitrogens with zero attached hydrogens (tertiary/aromatic N) is 2. The highest BCUT2D eigenvalue weighted by Crippen LogP contribution is 2.27. The highest BCUT2D eigenvalue weighted by molar-refractivity contribution is 6.34. The minimum atomic E-state index is -0.244. The van der Waals surface area contributed by atoms with E-state index in [4.69, 9.17) is 17.3 Å². The van der Waals surface area contributed by atoms with Gasteiger partial charge in [-0.05, 0) is 31.2 Å². The molecule has 0 unspecified atom stereocenters. The molecule has 5 nitrogen and oxygen atoms in total. The van der Waals surface area contributed by atoms with Crippen LogP contribution in [0.3, 0.4) is 0 Å². The third-order valence-corrected chi connectivity index (χ3v) is 4.20. The van der Waals surface area contributed by atoms with E-state index >= 15 is 0 Å². The number of carbonyl (C=O) groups is 1. The molecule has 0 radical (unpaired) electrons. The first-order chi connectivity index (χ1) is 11.5. The maximum atomic E-state index is 12.3. The van der Waals surface area contributed by atoms with E-state index in [-0.39, 0.29) is 5.91 Å². The fourth-order valence-electron chi connectivity index (χ4n) is 2.47. The Labute approximate surface area is 145 Å². The number of nitrogens with one attached hydrogen (secondary N) is 1. The van der Waals surface area contributed by atoms with Gasteiger partial charge in [0.1, 0.15) is 5.82 Å². The first-order valence-corrected chi connectivity index (χ1v) is 7.80. The molecule has 1 amide bonds. The Morgan fingerprint density at radius 2 is 1.83 bits per heavy atom. The molecule has 0 saturated heterocycles. The topological polar surface area (TPSA) is 72.9 Å². The van der Waals surface area contributed by atoms with Crippen LogP contribution in [-0.2, 0) is 7.05 Å². The summed E-state index contributed by atoms with van der Waals surface area (Å²) in [6.45, 7) is 1.94. The van der Waals surface area contributed by atoms with E-state index in [1.807, 2.05) is 38.2 Å². The molecular formula is C18H17ClN4O. The Balaban J connectivity index is 1.81. The Morgan fingerprint density at radius 3 is 2.42 bits per heavy atom. The summed E-state index contributed by atoms with van der Waals surface area (Å²) < 4.78 is 1.65. The molecule has 0 atom stereocenters. The Bertz CT molecular complexity index is 900. The van der Waals surface area contributed by atoms with E-state index in [1.165, 1.54) is 0 Å². The fourth-order valence-corrected chi connectivity index (χ4v) is 2.69. The van der Waals surface area contributed by atoms with Gasteiger partial charge in [0.15, 0.2) is 0 Å². The van der Waals surface area contributed by atoms with Crippen molar-refractivity contribution in [2.75, 3.05) is 11.1 Å². The van der Waals surface area contributed by atoms with Crippen molar-refractivity contribution >= 4 is 29.0 Å². The van der Waals surface area contributed by atoms with Crippen LogP contribution in [0.1, 0.15) is 15.9 Å². The van der Waals surface area contributed by atoms with E-state index in [9.17, 15) is 4.79 Å². The van der Waals surface area contributed by atoms with Crippen LogP contribution in [0, 0.1) is 6.92 Å². The molecule has 3 N–H and O–H groups in total. The van der Waals surface area contributed by atoms with E-state index in [2.05, 4.69) is 10.4 Å². The monoisotopic (exact) mass is 340 g/mol. The Hall–Kier alpha value is -2.79. The van der Waals surface area contributed by atoms with Gasteiger partial charge in [-0.25, -0.2) is 0 Å². The molecule has 6 heteroatoms. The van der Waals surface area contributed by atoms with Crippen LogP contribution in [0.4, 0.5) is 11.5 Å². The van der Waals surface area contributed by atoms with Gasteiger partial charge in [0.2, 0.25) is 0 Å². The van der Waals surface area contributed by atoms with Gasteiger partial charge >= 0.3 is 0 Å². The minimum absolute atomic E-state index is 0.244. The zero-order valence-electron chi connectivity index (χ0n) is 13.4. The molecule has 0 spiro atoms. The summed E-state index contributed by atoms with van der Waals surface area (Å²) in [6.07, 6.45) is 0. The van der Waals surface area contributed by atoms with Gasteiger partial charge in [-0.15, -0.1) is 0 Å². The number of rotatable bonds is 3. The van der Waals surface area contributed by atoms with Crippen LogP contribution in [0.2, 0.25) is 5.02 Å². The molecule has 0 fully saturated rings. The molecule has 0 aliphatic rings. The summed E-state index contributed by atoms with van der Waals surface area (Å²) in [5.41, 5.74) is 9.78. The van der Waals surface area contributed by atoms with Gasteiger partial charge in [0.25, 0.3) is 5.91 Å². The molecule has 3 rings (SSSR count). The molecular weight excluding hydrogens is 324 g/mol. The molecule has 0 aliphatic carbocycles. The first-order valence-electron chi connectivity index (χ1n) is 7.42. The summed E-state index contributed by atoms with van der Waals surface area (Å²) >= 11 is 6.04. The lowest BCUT2D eigenvalue weighted by atomic mass is 10.1. The summed E-state index contributed by atoms with van der Waals surface area (Å²) in [4.78, 5) is 12.3. The lowest BCUT2D eigenvalue weighted by Crippen LogP contribution is -2.12. The normalized spacial score (nSPS) is 10.6. The molecule has 3 aromatic rings. The van der Waals surface area contributed by atoms with Crippen LogP contribution in [-0.4, -0.2) is 15.7 Å². The van der Waals surface area contributed by atoms with Crippen LogP contribution >= 0.6 is 11.6 Å². The minimum Gasteiger partial charge on any atom is -0.384 e. The van der Waals surface area contributed by atoms with Crippen molar-refractivity contribution in [1.29, 1.82) is 0 Å². The van der Waals surface area contributed by atoms with Crippen molar-refractivity contribution in [2.45, 2.75) is 6.92 Å². The summed E-state index contributed by atoms with van der Waals surface area (Å²) in [6, 6.07) is 14.4. The molecule has 2 aromatic carbocycles. The van der Waals surface area contributed by atoms with E-state index in [0.29, 0.717) is 22.1 Å². The third kappa shape index (κ3) is 2.98. The fraction of sp³-hybridized carbons (Fsp3) is 0.111. The zero-order valence-corrected chi connectivity index (χ0v) is 14.1. The number of hydrogen-bond acceptors (Lipinski definition) is 3. The van der Waals surface area contributed by atoms with Crippen molar-refractivity contribution in [3.05, 3.63) is 64.7 Å². The highest BCUT2D eigenvalue weighted by Gasteiger charge is 2.13. The van der Waals surface area contributed by atoms with E-state index in [0.717, 1.165) is 16.8 Å². The van der Waals surface area contributed by atoms with Crippen molar-refractivity contribution in [2.24, 2.45) is 7.05 Å². The zero-order chi connectivity index (χ0) is 17.3. The average molecular weight is 341 g/mol. The summed E-state index contributed by atoms with van der Waals surface area (Å²) in [7, 11) is 1.81. The predicted molar refractivity (Wildman–Crippen MR) is 97.2 cm³/mol. The van der Waals surface area contributed by atoms with Gasteiger partial charge in [0, 0.05) is 23.9 Å². The lowest BCUT2D eigenvalue weighted by Gasteiger charge is -2.07. The van der Waals surface area contributed by atoms with Gasteiger partial charge in [-0.3, -0.25) is 9.48 Å². The van der Waals surface area contributed by atoms with E-state index < -0.39 is 0 Å². The van der Waals surface area contributed by atoms with Crippen LogP contribution in [0.5, 0.6) is 0 Å². The smallest absolute Gasteiger partial charge is 0.257 e. The molecule has 122 valence electrons. The number of carbonyl (C=O) groups excluding carboxylic acids is 1. The van der Waals surface area contributed by atoms with Gasteiger partial charge in [0.05, 0.1) is 16.3 Å². The Morgan fingerprint density at radius 1 is 1.17 bits per heavy atom. The third-order valence-electron chi connectivity index (χ3n) is 3.87. The van der Waals surface area contributed by atoms with Crippen molar-refractivity contribution < 1.29 is 4.79 Å². The van der Waals surface area contributed by atoms with Crippen molar-refractivity contribution in [3.63, 3.8) is 0 Å². The van der Waals surface area contributed by atoms with E-state index in [1.54, 1.807) is 28.9 Å². The van der Waals surface area contributed by atoms with Crippen LogP contribution in [0.25, 0.3) is 11.3 Å². The number of nitrogens with two attached hydrogens (primary N) is 1. The molecule has 1 aromatic heterocycles. The van der Waals surface area contributed by atoms with Crippen molar-refractivity contribution in [1.82, 2.24) is 9.78 Å². The van der Waals surface area contributed by atoms with Gasteiger partial charge < -0.3 is 11.1 Å².